The summed E-state index contributed by atoms with van der Waals surface area (Å²) in [5, 5.41) is 4.66. The van der Waals surface area contributed by atoms with E-state index in [1.165, 1.54) is 7.11 Å². The fourth-order valence-electron chi connectivity index (χ4n) is 2.11. The average molecular weight is 329 g/mol. The Morgan fingerprint density at radius 1 is 1.22 bits per heavy atom. The van der Waals surface area contributed by atoms with E-state index in [0.717, 1.165) is 4.68 Å². The van der Waals surface area contributed by atoms with Crippen LogP contribution in [-0.4, -0.2) is 27.8 Å². The summed E-state index contributed by atoms with van der Waals surface area (Å²) < 4.78 is 6.16. The van der Waals surface area contributed by atoms with Gasteiger partial charge in [0.2, 0.25) is 5.95 Å². The molecule has 0 unspecified atom stereocenters. The van der Waals surface area contributed by atoms with E-state index in [9.17, 15) is 4.79 Å². The van der Waals surface area contributed by atoms with E-state index in [0.29, 0.717) is 27.7 Å². The Balaban J connectivity index is 2.01. The quantitative estimate of drug-likeness (QED) is 0.799. The average Bonchev–Trinajstić information content (AvgIpc) is 2.96. The minimum Gasteiger partial charge on any atom is -0.497 e. The van der Waals surface area contributed by atoms with Crippen molar-refractivity contribution < 1.29 is 9.53 Å². The molecule has 23 heavy (non-hydrogen) atoms. The lowest BCUT2D eigenvalue weighted by Crippen LogP contribution is -2.16. The second-order valence-electron chi connectivity index (χ2n) is 4.72. The van der Waals surface area contributed by atoms with Crippen LogP contribution in [-0.2, 0) is 0 Å². The van der Waals surface area contributed by atoms with Gasteiger partial charge in [-0.2, -0.15) is 9.67 Å². The van der Waals surface area contributed by atoms with Gasteiger partial charge in [0.1, 0.15) is 5.75 Å². The molecule has 2 N–H and O–H groups in total. The number of nitrogen functional groups attached to an aromatic ring is 1. The molecule has 7 heteroatoms. The third-order valence-electron chi connectivity index (χ3n) is 3.26. The molecule has 2 aromatic carbocycles. The number of aromatic nitrogens is 3. The van der Waals surface area contributed by atoms with E-state index >= 15 is 0 Å². The molecule has 3 aromatic rings. The van der Waals surface area contributed by atoms with Crippen LogP contribution >= 0.6 is 11.6 Å². The number of benzene rings is 2. The normalized spacial score (nSPS) is 10.5. The summed E-state index contributed by atoms with van der Waals surface area (Å²) in [6.45, 7) is 0. The number of methoxy groups -OCH3 is 1. The minimum atomic E-state index is -0.396. The summed E-state index contributed by atoms with van der Waals surface area (Å²) in [4.78, 5) is 16.7. The number of carbonyl (C=O) groups is 1. The lowest BCUT2D eigenvalue weighted by atomic mass is 10.2. The molecule has 0 spiro atoms. The first kappa shape index (κ1) is 15.1. The van der Waals surface area contributed by atoms with Crippen LogP contribution < -0.4 is 10.5 Å². The fraction of sp³-hybridized carbons (Fsp3) is 0.0625. The Bertz CT molecular complexity index is 876. The maximum Gasteiger partial charge on any atom is 0.281 e. The van der Waals surface area contributed by atoms with Gasteiger partial charge in [-0.3, -0.25) is 4.79 Å². The number of anilines is 1. The second kappa shape index (κ2) is 6.10. The van der Waals surface area contributed by atoms with Crippen molar-refractivity contribution >= 4 is 23.5 Å². The number of ether oxygens (including phenoxy) is 1. The Labute approximate surface area is 137 Å². The SMILES string of the molecule is COc1cccc(C(=O)n2nc(-c3ccccc3Cl)nc2N)c1. The van der Waals surface area contributed by atoms with Crippen molar-refractivity contribution in [2.75, 3.05) is 12.8 Å². The van der Waals surface area contributed by atoms with E-state index in [4.69, 9.17) is 22.1 Å². The zero-order chi connectivity index (χ0) is 16.4. The number of hydrogen-bond acceptors (Lipinski definition) is 5. The highest BCUT2D eigenvalue weighted by Gasteiger charge is 2.18. The van der Waals surface area contributed by atoms with Gasteiger partial charge in [-0.25, -0.2) is 0 Å². The molecule has 0 fully saturated rings. The molecular formula is C16H13ClN4O2. The van der Waals surface area contributed by atoms with Gasteiger partial charge in [-0.1, -0.05) is 29.8 Å². The summed E-state index contributed by atoms with van der Waals surface area (Å²) in [5.41, 5.74) is 6.84. The monoisotopic (exact) mass is 328 g/mol. The van der Waals surface area contributed by atoms with E-state index in [2.05, 4.69) is 10.1 Å². The van der Waals surface area contributed by atoms with Gasteiger partial charge in [0.05, 0.1) is 12.1 Å². The highest BCUT2D eigenvalue weighted by atomic mass is 35.5. The molecule has 1 aromatic heterocycles. The molecule has 0 amide bonds. The molecule has 0 saturated heterocycles. The number of hydrogen-bond donors (Lipinski definition) is 1. The minimum absolute atomic E-state index is 0.00672. The molecule has 116 valence electrons. The first-order valence-electron chi connectivity index (χ1n) is 6.76. The van der Waals surface area contributed by atoms with E-state index in [-0.39, 0.29) is 5.95 Å². The topological polar surface area (TPSA) is 83.0 Å². The molecule has 6 nitrogen and oxygen atoms in total. The van der Waals surface area contributed by atoms with Gasteiger partial charge < -0.3 is 10.5 Å². The van der Waals surface area contributed by atoms with Crippen molar-refractivity contribution in [3.05, 3.63) is 59.1 Å². The third-order valence-corrected chi connectivity index (χ3v) is 3.59. The van der Waals surface area contributed by atoms with Crippen LogP contribution in [0.1, 0.15) is 10.4 Å². The van der Waals surface area contributed by atoms with Crippen LogP contribution in [0.2, 0.25) is 5.02 Å². The highest BCUT2D eigenvalue weighted by Crippen LogP contribution is 2.25. The van der Waals surface area contributed by atoms with E-state index in [1.807, 2.05) is 6.07 Å². The van der Waals surface area contributed by atoms with Crippen LogP contribution in [0.5, 0.6) is 5.75 Å². The van der Waals surface area contributed by atoms with Gasteiger partial charge in [0.25, 0.3) is 5.91 Å². The van der Waals surface area contributed by atoms with Gasteiger partial charge in [0.15, 0.2) is 5.82 Å². The first-order valence-corrected chi connectivity index (χ1v) is 7.14. The van der Waals surface area contributed by atoms with E-state index in [1.54, 1.807) is 42.5 Å². The fourth-order valence-corrected chi connectivity index (χ4v) is 2.33. The van der Waals surface area contributed by atoms with Crippen LogP contribution in [0.4, 0.5) is 5.95 Å². The van der Waals surface area contributed by atoms with Crippen molar-refractivity contribution in [1.82, 2.24) is 14.8 Å². The zero-order valence-corrected chi connectivity index (χ0v) is 13.0. The standard InChI is InChI=1S/C16H13ClN4O2/c1-23-11-6-4-5-10(9-11)15(22)21-16(18)19-14(20-21)12-7-2-3-8-13(12)17/h2-9H,1H3,(H2,18,19,20). The summed E-state index contributed by atoms with van der Waals surface area (Å²) in [6.07, 6.45) is 0. The Morgan fingerprint density at radius 2 is 2.00 bits per heavy atom. The predicted octanol–water partition coefficient (Wildman–Crippen LogP) is 2.88. The Hall–Kier alpha value is -2.86. The lowest BCUT2D eigenvalue weighted by Gasteiger charge is -2.04. The third kappa shape index (κ3) is 2.89. The molecule has 0 saturated carbocycles. The smallest absolute Gasteiger partial charge is 0.281 e. The highest BCUT2D eigenvalue weighted by molar-refractivity contribution is 6.33. The Morgan fingerprint density at radius 3 is 2.74 bits per heavy atom. The summed E-state index contributed by atoms with van der Waals surface area (Å²) in [5.74, 6) is 0.463. The second-order valence-corrected chi connectivity index (χ2v) is 5.13. The predicted molar refractivity (Wildman–Crippen MR) is 87.6 cm³/mol. The first-order chi connectivity index (χ1) is 11.1. The van der Waals surface area contributed by atoms with Gasteiger partial charge in [0, 0.05) is 11.1 Å². The molecule has 1 heterocycles. The molecule has 0 aliphatic carbocycles. The molecule has 0 aliphatic heterocycles. The number of rotatable bonds is 3. The van der Waals surface area contributed by atoms with Crippen molar-refractivity contribution in [3.63, 3.8) is 0 Å². The van der Waals surface area contributed by atoms with Crippen LogP contribution in [0.25, 0.3) is 11.4 Å². The van der Waals surface area contributed by atoms with Gasteiger partial charge >= 0.3 is 0 Å². The number of carbonyl (C=O) groups excluding carboxylic acids is 1. The molecular weight excluding hydrogens is 316 g/mol. The largest absolute Gasteiger partial charge is 0.497 e. The van der Waals surface area contributed by atoms with Crippen molar-refractivity contribution in [1.29, 1.82) is 0 Å². The molecule has 0 atom stereocenters. The van der Waals surface area contributed by atoms with Crippen LogP contribution in [0.15, 0.2) is 48.5 Å². The van der Waals surface area contributed by atoms with Crippen LogP contribution in [0, 0.1) is 0 Å². The lowest BCUT2D eigenvalue weighted by molar-refractivity contribution is 0.0947. The van der Waals surface area contributed by atoms with Crippen molar-refractivity contribution in [2.45, 2.75) is 0 Å². The number of nitrogens with two attached hydrogens (primary N) is 1. The van der Waals surface area contributed by atoms with Crippen LogP contribution in [0.3, 0.4) is 0 Å². The summed E-state index contributed by atoms with van der Waals surface area (Å²) in [6, 6.07) is 13.8. The molecule has 3 rings (SSSR count). The molecule has 0 bridgehead atoms. The van der Waals surface area contributed by atoms with Gasteiger partial charge in [-0.05, 0) is 30.3 Å². The van der Waals surface area contributed by atoms with Gasteiger partial charge in [-0.15, -0.1) is 5.10 Å². The zero-order valence-electron chi connectivity index (χ0n) is 12.2. The van der Waals surface area contributed by atoms with Crippen molar-refractivity contribution in [2.24, 2.45) is 0 Å². The maximum absolute atomic E-state index is 12.6. The number of halogens is 1. The molecule has 0 aliphatic rings. The summed E-state index contributed by atoms with van der Waals surface area (Å²) >= 11 is 6.12. The number of nitrogens with zero attached hydrogens (tertiary/aromatic N) is 3. The molecule has 0 radical (unpaired) electrons. The maximum atomic E-state index is 12.6. The van der Waals surface area contributed by atoms with Crippen molar-refractivity contribution in [3.8, 4) is 17.1 Å². The summed E-state index contributed by atoms with van der Waals surface area (Å²) in [7, 11) is 1.53. The van der Waals surface area contributed by atoms with E-state index < -0.39 is 5.91 Å². The Kier molecular flexibility index (Phi) is 3.99.